The van der Waals surface area contributed by atoms with E-state index in [1.807, 2.05) is 31.2 Å². The van der Waals surface area contributed by atoms with E-state index in [0.717, 1.165) is 18.4 Å². The first-order chi connectivity index (χ1) is 9.94. The summed E-state index contributed by atoms with van der Waals surface area (Å²) >= 11 is 0. The summed E-state index contributed by atoms with van der Waals surface area (Å²) in [6, 6.07) is 7.24. The maximum absolute atomic E-state index is 12.3. The van der Waals surface area contributed by atoms with E-state index in [4.69, 9.17) is 5.73 Å². The molecule has 1 amide bonds. The van der Waals surface area contributed by atoms with Crippen molar-refractivity contribution in [1.29, 1.82) is 0 Å². The van der Waals surface area contributed by atoms with Crippen molar-refractivity contribution in [2.75, 3.05) is 20.6 Å². The third kappa shape index (κ3) is 5.35. The Balaban J connectivity index is 0.00000242. The largest absolute Gasteiger partial charge is 0.353 e. The number of carbonyl (C=O) groups excluding carboxylic acids is 1. The fourth-order valence-electron chi connectivity index (χ4n) is 3.10. The topological polar surface area (TPSA) is 58.4 Å². The van der Waals surface area contributed by atoms with Gasteiger partial charge in [0.15, 0.2) is 0 Å². The highest BCUT2D eigenvalue weighted by molar-refractivity contribution is 5.85. The fraction of sp³-hybridized carbons (Fsp3) is 0.588. The summed E-state index contributed by atoms with van der Waals surface area (Å²) in [5.41, 5.74) is 8.20. The number of carbonyl (C=O) groups is 1. The summed E-state index contributed by atoms with van der Waals surface area (Å²) < 4.78 is 0. The van der Waals surface area contributed by atoms with Crippen LogP contribution in [0.15, 0.2) is 24.3 Å². The lowest BCUT2D eigenvalue weighted by atomic mass is 9.95. The number of nitrogens with zero attached hydrogens (tertiary/aromatic N) is 1. The molecular weight excluding hydrogens is 333 g/mol. The van der Waals surface area contributed by atoms with Crippen LogP contribution >= 0.6 is 24.8 Å². The third-order valence-electron chi connectivity index (χ3n) is 4.79. The van der Waals surface area contributed by atoms with Crippen LogP contribution in [0.25, 0.3) is 0 Å². The summed E-state index contributed by atoms with van der Waals surface area (Å²) in [4.78, 5) is 14.5. The molecule has 0 bridgehead atoms. The average Bonchev–Trinajstić information content (AvgIpc) is 2.95. The van der Waals surface area contributed by atoms with Gasteiger partial charge in [-0.3, -0.25) is 4.79 Å². The molecule has 1 aromatic carbocycles. The molecule has 0 aromatic heterocycles. The molecule has 132 valence electrons. The smallest absolute Gasteiger partial charge is 0.241 e. The summed E-state index contributed by atoms with van der Waals surface area (Å²) in [5.74, 6) is -0.0908. The molecule has 6 heteroatoms. The molecule has 1 aromatic rings. The van der Waals surface area contributed by atoms with Gasteiger partial charge in [-0.05, 0) is 39.4 Å². The van der Waals surface area contributed by atoms with Gasteiger partial charge >= 0.3 is 0 Å². The van der Waals surface area contributed by atoms with Gasteiger partial charge in [-0.2, -0.15) is 0 Å². The molecule has 1 saturated carbocycles. The van der Waals surface area contributed by atoms with Crippen LogP contribution in [0.1, 0.15) is 42.9 Å². The maximum Gasteiger partial charge on any atom is 0.241 e. The van der Waals surface area contributed by atoms with Crippen LogP contribution in [0.3, 0.4) is 0 Å². The van der Waals surface area contributed by atoms with E-state index in [0.29, 0.717) is 6.54 Å². The lowest BCUT2D eigenvalue weighted by molar-refractivity contribution is -0.123. The zero-order valence-corrected chi connectivity index (χ0v) is 15.8. The van der Waals surface area contributed by atoms with Gasteiger partial charge in [0, 0.05) is 12.1 Å². The molecule has 1 aliphatic carbocycles. The second-order valence-electron chi connectivity index (χ2n) is 6.43. The Hall–Kier alpha value is -0.810. The Morgan fingerprint density at radius 3 is 2.22 bits per heavy atom. The van der Waals surface area contributed by atoms with Gasteiger partial charge in [-0.25, -0.2) is 0 Å². The highest BCUT2D eigenvalue weighted by Gasteiger charge is 2.36. The minimum Gasteiger partial charge on any atom is -0.353 e. The lowest BCUT2D eigenvalue weighted by Gasteiger charge is -2.36. The van der Waals surface area contributed by atoms with Crippen molar-refractivity contribution in [3.8, 4) is 0 Å². The normalized spacial score (nSPS) is 17.1. The quantitative estimate of drug-likeness (QED) is 0.847. The number of nitrogens with one attached hydrogen (secondary N) is 1. The Morgan fingerprint density at radius 1 is 1.22 bits per heavy atom. The van der Waals surface area contributed by atoms with Gasteiger partial charge in [0.05, 0.1) is 0 Å². The van der Waals surface area contributed by atoms with Gasteiger partial charge in [0.25, 0.3) is 0 Å². The molecule has 4 nitrogen and oxygen atoms in total. The van der Waals surface area contributed by atoms with Crippen molar-refractivity contribution >= 4 is 30.7 Å². The van der Waals surface area contributed by atoms with Crippen LogP contribution in [0.4, 0.5) is 0 Å². The van der Waals surface area contributed by atoms with Gasteiger partial charge in [-0.15, -0.1) is 24.8 Å². The Morgan fingerprint density at radius 2 is 1.74 bits per heavy atom. The molecule has 0 spiro atoms. The van der Waals surface area contributed by atoms with Crippen molar-refractivity contribution in [3.05, 3.63) is 35.4 Å². The molecule has 0 aliphatic heterocycles. The van der Waals surface area contributed by atoms with Crippen LogP contribution in [-0.2, 0) is 4.79 Å². The Kier molecular flexibility index (Phi) is 9.14. The molecule has 0 radical (unpaired) electrons. The molecule has 1 aliphatic rings. The van der Waals surface area contributed by atoms with E-state index < -0.39 is 6.04 Å². The number of aryl methyl sites for hydroxylation is 1. The summed E-state index contributed by atoms with van der Waals surface area (Å²) in [6.45, 7) is 2.70. The summed E-state index contributed by atoms with van der Waals surface area (Å²) in [6.07, 6.45) is 4.75. The van der Waals surface area contributed by atoms with Crippen molar-refractivity contribution < 1.29 is 4.79 Å². The molecule has 0 saturated heterocycles. The van der Waals surface area contributed by atoms with Crippen LogP contribution in [0.2, 0.25) is 0 Å². The second-order valence-corrected chi connectivity index (χ2v) is 6.43. The molecule has 1 unspecified atom stereocenters. The van der Waals surface area contributed by atoms with Crippen LogP contribution in [0, 0.1) is 6.92 Å². The SMILES string of the molecule is Cc1ccc(C(N)C(=O)NCC2(N(C)C)CCCC2)cc1.Cl.Cl. The zero-order valence-electron chi connectivity index (χ0n) is 14.2. The van der Waals surface area contributed by atoms with Crippen molar-refractivity contribution in [3.63, 3.8) is 0 Å². The highest BCUT2D eigenvalue weighted by atomic mass is 35.5. The second kappa shape index (κ2) is 9.48. The first-order valence-corrected chi connectivity index (χ1v) is 7.72. The first-order valence-electron chi connectivity index (χ1n) is 7.72. The monoisotopic (exact) mass is 361 g/mol. The third-order valence-corrected chi connectivity index (χ3v) is 4.79. The first kappa shape index (κ1) is 22.2. The van der Waals surface area contributed by atoms with Crippen LogP contribution in [-0.4, -0.2) is 37.0 Å². The van der Waals surface area contributed by atoms with Gasteiger partial charge in [0.1, 0.15) is 6.04 Å². The van der Waals surface area contributed by atoms with E-state index in [1.165, 1.54) is 18.4 Å². The number of amides is 1. The Bertz CT molecular complexity index is 485. The number of benzene rings is 1. The molecule has 0 heterocycles. The number of likely N-dealkylation sites (N-methyl/N-ethyl adjacent to an activating group) is 1. The maximum atomic E-state index is 12.3. The summed E-state index contributed by atoms with van der Waals surface area (Å²) in [5, 5.41) is 3.05. The van der Waals surface area contributed by atoms with Gasteiger partial charge in [-0.1, -0.05) is 42.7 Å². The van der Waals surface area contributed by atoms with Crippen LogP contribution in [0.5, 0.6) is 0 Å². The van der Waals surface area contributed by atoms with Gasteiger partial charge < -0.3 is 16.0 Å². The number of halogens is 2. The number of hydrogen-bond acceptors (Lipinski definition) is 3. The van der Waals surface area contributed by atoms with Crippen molar-refractivity contribution in [1.82, 2.24) is 10.2 Å². The predicted molar refractivity (Wildman–Crippen MR) is 100 cm³/mol. The van der Waals surface area contributed by atoms with E-state index >= 15 is 0 Å². The minimum absolute atomic E-state index is 0. The lowest BCUT2D eigenvalue weighted by Crippen LogP contribution is -2.52. The predicted octanol–water partition coefficient (Wildman–Crippen LogP) is 2.83. The fourth-order valence-corrected chi connectivity index (χ4v) is 3.10. The molecule has 1 atom stereocenters. The van der Waals surface area contributed by atoms with E-state index in [-0.39, 0.29) is 36.3 Å². The van der Waals surface area contributed by atoms with Crippen molar-refractivity contribution in [2.24, 2.45) is 5.73 Å². The minimum atomic E-state index is -0.591. The van der Waals surface area contributed by atoms with Gasteiger partial charge in [0.2, 0.25) is 5.91 Å². The number of hydrogen-bond donors (Lipinski definition) is 2. The van der Waals surface area contributed by atoms with Crippen molar-refractivity contribution in [2.45, 2.75) is 44.2 Å². The molecule has 1 fully saturated rings. The van der Waals surface area contributed by atoms with E-state index in [1.54, 1.807) is 0 Å². The number of rotatable bonds is 5. The zero-order chi connectivity index (χ0) is 15.5. The standard InChI is InChI=1S/C17H27N3O.2ClH/c1-13-6-8-14(9-7-13)15(18)16(21)19-12-17(20(2)3)10-4-5-11-17;;/h6-9,15H,4-5,10-12,18H2,1-3H3,(H,19,21);2*1H. The van der Waals surface area contributed by atoms with E-state index in [2.05, 4.69) is 24.3 Å². The summed E-state index contributed by atoms with van der Waals surface area (Å²) in [7, 11) is 4.19. The van der Waals surface area contributed by atoms with Crippen LogP contribution < -0.4 is 11.1 Å². The molecular formula is C17H29Cl2N3O. The molecule has 3 N–H and O–H groups in total. The average molecular weight is 362 g/mol. The molecule has 23 heavy (non-hydrogen) atoms. The highest BCUT2D eigenvalue weighted by Crippen LogP contribution is 2.33. The Labute approximate surface area is 152 Å². The number of nitrogens with two attached hydrogens (primary N) is 1. The molecule has 2 rings (SSSR count). The van der Waals surface area contributed by atoms with E-state index in [9.17, 15) is 4.79 Å².